The van der Waals surface area contributed by atoms with Gasteiger partial charge in [0.1, 0.15) is 0 Å². The molecule has 1 fully saturated rings. The van der Waals surface area contributed by atoms with Gasteiger partial charge in [-0.3, -0.25) is 14.5 Å². The first-order valence-corrected chi connectivity index (χ1v) is 7.92. The van der Waals surface area contributed by atoms with Crippen molar-refractivity contribution in [3.05, 3.63) is 69.1 Å². The summed E-state index contributed by atoms with van der Waals surface area (Å²) in [6, 6.07) is 10.1. The summed E-state index contributed by atoms with van der Waals surface area (Å²) in [6.07, 6.45) is 1.74. The molecule has 3 rings (SSSR count). The van der Waals surface area contributed by atoms with Gasteiger partial charge in [0.25, 0.3) is 5.56 Å². The van der Waals surface area contributed by atoms with Gasteiger partial charge < -0.3 is 9.88 Å². The number of pyridine rings is 1. The third-order valence-electron chi connectivity index (χ3n) is 3.89. The molecule has 6 nitrogen and oxygen atoms in total. The number of urea groups is 1. The van der Waals surface area contributed by atoms with E-state index in [0.717, 1.165) is 10.5 Å². The number of amides is 3. The van der Waals surface area contributed by atoms with E-state index in [1.165, 1.54) is 6.20 Å². The lowest BCUT2D eigenvalue weighted by molar-refractivity contribution is -0.131. The number of nitrogens with one attached hydrogen (secondary N) is 1. The fourth-order valence-corrected chi connectivity index (χ4v) is 2.86. The number of aromatic nitrogens is 1. The van der Waals surface area contributed by atoms with Crippen LogP contribution < -0.4 is 5.56 Å². The van der Waals surface area contributed by atoms with Gasteiger partial charge in [-0.05, 0) is 23.8 Å². The fourth-order valence-electron chi connectivity index (χ4n) is 2.65. The van der Waals surface area contributed by atoms with Crippen LogP contribution in [0.4, 0.5) is 4.79 Å². The summed E-state index contributed by atoms with van der Waals surface area (Å²) in [5.41, 5.74) is 0.969. The lowest BCUT2D eigenvalue weighted by Gasteiger charge is -2.34. The Labute approximate surface area is 143 Å². The number of carbonyl (C=O) groups is 2. The number of imide groups is 1. The Hall–Kier alpha value is -2.60. The smallest absolute Gasteiger partial charge is 0.327 e. The molecule has 24 heavy (non-hydrogen) atoms. The molecule has 1 saturated heterocycles. The molecule has 0 saturated carbocycles. The van der Waals surface area contributed by atoms with E-state index < -0.39 is 6.03 Å². The summed E-state index contributed by atoms with van der Waals surface area (Å²) < 4.78 is 0. The van der Waals surface area contributed by atoms with Gasteiger partial charge >= 0.3 is 6.03 Å². The van der Waals surface area contributed by atoms with Gasteiger partial charge in [0.15, 0.2) is 0 Å². The first-order chi connectivity index (χ1) is 11.5. The van der Waals surface area contributed by atoms with Crippen molar-refractivity contribution >= 4 is 23.5 Å². The zero-order valence-electron chi connectivity index (χ0n) is 12.9. The molecular weight excluding hydrogens is 330 g/mol. The van der Waals surface area contributed by atoms with Gasteiger partial charge in [-0.1, -0.05) is 29.8 Å². The lowest BCUT2D eigenvalue weighted by Crippen LogP contribution is -2.51. The van der Waals surface area contributed by atoms with E-state index in [4.69, 9.17) is 11.6 Å². The molecule has 1 aliphatic rings. The van der Waals surface area contributed by atoms with Crippen LogP contribution in [0, 0.1) is 0 Å². The second-order valence-corrected chi connectivity index (χ2v) is 6.02. The topological polar surface area (TPSA) is 73.5 Å². The van der Waals surface area contributed by atoms with Crippen LogP contribution in [-0.2, 0) is 17.9 Å². The van der Waals surface area contributed by atoms with Crippen LogP contribution in [0.5, 0.6) is 0 Å². The second kappa shape index (κ2) is 6.88. The Balaban J connectivity index is 1.77. The van der Waals surface area contributed by atoms with Crippen LogP contribution in [-0.4, -0.2) is 33.3 Å². The minimum absolute atomic E-state index is 0.0279. The van der Waals surface area contributed by atoms with Crippen LogP contribution >= 0.6 is 11.6 Å². The first kappa shape index (κ1) is 16.3. The van der Waals surface area contributed by atoms with E-state index in [1.807, 2.05) is 12.1 Å². The molecule has 1 N–H and O–H groups in total. The molecule has 0 radical (unpaired) electrons. The minimum atomic E-state index is -0.394. The number of hydrogen-bond acceptors (Lipinski definition) is 3. The molecule has 3 amide bonds. The van der Waals surface area contributed by atoms with Crippen molar-refractivity contribution in [2.24, 2.45) is 0 Å². The van der Waals surface area contributed by atoms with E-state index >= 15 is 0 Å². The van der Waals surface area contributed by atoms with Crippen molar-refractivity contribution in [2.45, 2.75) is 19.5 Å². The highest BCUT2D eigenvalue weighted by molar-refractivity contribution is 6.30. The number of carbonyl (C=O) groups excluding carboxylic acids is 2. The van der Waals surface area contributed by atoms with Crippen LogP contribution in [0.1, 0.15) is 17.5 Å². The van der Waals surface area contributed by atoms with Gasteiger partial charge in [0.05, 0.1) is 6.54 Å². The highest BCUT2D eigenvalue weighted by Gasteiger charge is 2.32. The monoisotopic (exact) mass is 345 g/mol. The number of H-pyrrole nitrogens is 1. The third kappa shape index (κ3) is 3.49. The molecule has 0 bridgehead atoms. The molecule has 0 unspecified atom stereocenters. The van der Waals surface area contributed by atoms with Crippen molar-refractivity contribution in [2.75, 3.05) is 6.54 Å². The molecular formula is C17H16ClN3O3. The zero-order chi connectivity index (χ0) is 17.1. The standard InChI is InChI=1S/C17H16ClN3O3/c18-14-5-1-3-12(9-14)10-20-8-6-15(22)21(17(20)24)11-13-4-2-7-19-16(13)23/h1-5,7,9H,6,8,10-11H2,(H,19,23). The maximum atomic E-state index is 12.6. The molecule has 124 valence electrons. The Morgan fingerprint density at radius 1 is 1.08 bits per heavy atom. The Morgan fingerprint density at radius 2 is 1.92 bits per heavy atom. The normalized spacial score (nSPS) is 15.0. The second-order valence-electron chi connectivity index (χ2n) is 5.59. The largest absolute Gasteiger partial charge is 0.329 e. The van der Waals surface area contributed by atoms with Crippen molar-refractivity contribution < 1.29 is 9.59 Å². The summed E-state index contributed by atoms with van der Waals surface area (Å²) in [5.74, 6) is -0.273. The van der Waals surface area contributed by atoms with E-state index in [9.17, 15) is 14.4 Å². The third-order valence-corrected chi connectivity index (χ3v) is 4.12. The number of hydrogen-bond donors (Lipinski definition) is 1. The average molecular weight is 346 g/mol. The molecule has 0 spiro atoms. The quantitative estimate of drug-likeness (QED) is 0.924. The van der Waals surface area contributed by atoms with Crippen molar-refractivity contribution in [1.82, 2.24) is 14.8 Å². The van der Waals surface area contributed by atoms with Gasteiger partial charge in [-0.25, -0.2) is 4.79 Å². The number of benzene rings is 1. The number of halogens is 1. The van der Waals surface area contributed by atoms with Crippen LogP contribution in [0.3, 0.4) is 0 Å². The maximum absolute atomic E-state index is 12.6. The Morgan fingerprint density at radius 3 is 2.67 bits per heavy atom. The van der Waals surface area contributed by atoms with Crippen molar-refractivity contribution in [3.8, 4) is 0 Å². The molecule has 1 aliphatic heterocycles. The molecule has 2 heterocycles. The van der Waals surface area contributed by atoms with Gasteiger partial charge in [0.2, 0.25) is 5.91 Å². The Bertz CT molecular complexity index is 834. The molecule has 7 heteroatoms. The summed E-state index contributed by atoms with van der Waals surface area (Å²) in [7, 11) is 0. The van der Waals surface area contributed by atoms with E-state index in [-0.39, 0.29) is 24.4 Å². The van der Waals surface area contributed by atoms with Crippen LogP contribution in [0.2, 0.25) is 5.02 Å². The molecule has 0 aliphatic carbocycles. The Kier molecular flexibility index (Phi) is 4.66. The van der Waals surface area contributed by atoms with Gasteiger partial charge in [0, 0.05) is 36.3 Å². The summed E-state index contributed by atoms with van der Waals surface area (Å²) in [5, 5.41) is 0.598. The summed E-state index contributed by atoms with van der Waals surface area (Å²) in [6.45, 7) is 0.694. The maximum Gasteiger partial charge on any atom is 0.327 e. The molecule has 1 aromatic heterocycles. The predicted molar refractivity (Wildman–Crippen MR) is 89.5 cm³/mol. The lowest BCUT2D eigenvalue weighted by atomic mass is 10.1. The molecule has 1 aromatic carbocycles. The highest BCUT2D eigenvalue weighted by Crippen LogP contribution is 2.18. The van der Waals surface area contributed by atoms with Crippen LogP contribution in [0.15, 0.2) is 47.4 Å². The number of aromatic amines is 1. The van der Waals surface area contributed by atoms with Crippen molar-refractivity contribution in [1.29, 1.82) is 0 Å². The summed E-state index contributed by atoms with van der Waals surface area (Å²) >= 11 is 5.97. The van der Waals surface area contributed by atoms with Gasteiger partial charge in [-0.15, -0.1) is 0 Å². The van der Waals surface area contributed by atoms with E-state index in [0.29, 0.717) is 23.7 Å². The highest BCUT2D eigenvalue weighted by atomic mass is 35.5. The van der Waals surface area contributed by atoms with Crippen molar-refractivity contribution in [3.63, 3.8) is 0 Å². The minimum Gasteiger partial charge on any atom is -0.329 e. The van der Waals surface area contributed by atoms with Crippen LogP contribution in [0.25, 0.3) is 0 Å². The average Bonchev–Trinajstić information content (AvgIpc) is 2.56. The summed E-state index contributed by atoms with van der Waals surface area (Å²) in [4.78, 5) is 41.8. The van der Waals surface area contributed by atoms with Gasteiger partial charge in [-0.2, -0.15) is 0 Å². The fraction of sp³-hybridized carbons (Fsp3) is 0.235. The SMILES string of the molecule is O=C1CCN(Cc2cccc(Cl)c2)C(=O)N1Cc1ccc[nH]c1=O. The zero-order valence-corrected chi connectivity index (χ0v) is 13.6. The number of rotatable bonds is 4. The molecule has 0 atom stereocenters. The van der Waals surface area contributed by atoms with E-state index in [1.54, 1.807) is 29.2 Å². The van der Waals surface area contributed by atoms with E-state index in [2.05, 4.69) is 4.98 Å². The molecule has 2 aromatic rings. The predicted octanol–water partition coefficient (Wildman–Crippen LogP) is 2.38. The first-order valence-electron chi connectivity index (χ1n) is 7.55. The number of nitrogens with zero attached hydrogens (tertiary/aromatic N) is 2.